The van der Waals surface area contributed by atoms with Crippen LogP contribution in [0.1, 0.15) is 45.4 Å². The van der Waals surface area contributed by atoms with Gasteiger partial charge in [0.05, 0.1) is 0 Å². The average molecular weight is 199 g/mol. The summed E-state index contributed by atoms with van der Waals surface area (Å²) in [5.41, 5.74) is 0. The van der Waals surface area contributed by atoms with Gasteiger partial charge in [-0.05, 0) is 31.6 Å². The van der Waals surface area contributed by atoms with E-state index in [9.17, 15) is 4.79 Å². The Bertz CT molecular complexity index is 182. The van der Waals surface area contributed by atoms with Crippen LogP contribution in [0.3, 0.4) is 0 Å². The van der Waals surface area contributed by atoms with Crippen molar-refractivity contribution in [2.75, 3.05) is 6.61 Å². The zero-order valence-electron chi connectivity index (χ0n) is 8.96. The molecule has 0 aromatic carbocycles. The van der Waals surface area contributed by atoms with Gasteiger partial charge >= 0.3 is 0 Å². The molecule has 1 rings (SSSR count). The maximum absolute atomic E-state index is 11.4. The third-order valence-corrected chi connectivity index (χ3v) is 3.02. The standard InChI is InChI=1S/C11H21NO2/c1-9-5-4-6-10(9)12-11(14)7-2-3-8-13/h9-10,13H,2-8H2,1H3,(H,12,14). The lowest BCUT2D eigenvalue weighted by Crippen LogP contribution is -2.36. The minimum absolute atomic E-state index is 0.150. The van der Waals surface area contributed by atoms with Crippen LogP contribution in [0.25, 0.3) is 0 Å². The number of aliphatic hydroxyl groups is 1. The molecule has 0 aliphatic heterocycles. The largest absolute Gasteiger partial charge is 0.396 e. The lowest BCUT2D eigenvalue weighted by Gasteiger charge is -2.16. The van der Waals surface area contributed by atoms with Crippen molar-refractivity contribution in [2.45, 2.75) is 51.5 Å². The first kappa shape index (κ1) is 11.5. The van der Waals surface area contributed by atoms with Crippen LogP contribution in [0.4, 0.5) is 0 Å². The van der Waals surface area contributed by atoms with Crippen LogP contribution in [0.5, 0.6) is 0 Å². The van der Waals surface area contributed by atoms with Crippen LogP contribution in [0.15, 0.2) is 0 Å². The molecule has 0 heterocycles. The molecule has 1 amide bonds. The van der Waals surface area contributed by atoms with Crippen molar-refractivity contribution in [3.05, 3.63) is 0 Å². The number of unbranched alkanes of at least 4 members (excludes halogenated alkanes) is 1. The zero-order chi connectivity index (χ0) is 10.4. The molecule has 1 saturated carbocycles. The highest BCUT2D eigenvalue weighted by atomic mass is 16.2. The van der Waals surface area contributed by atoms with Crippen molar-refractivity contribution in [3.63, 3.8) is 0 Å². The van der Waals surface area contributed by atoms with E-state index in [0.717, 1.165) is 19.3 Å². The minimum Gasteiger partial charge on any atom is -0.396 e. The summed E-state index contributed by atoms with van der Waals surface area (Å²) in [5.74, 6) is 0.786. The molecular weight excluding hydrogens is 178 g/mol. The number of carbonyl (C=O) groups is 1. The normalized spacial score (nSPS) is 26.4. The summed E-state index contributed by atoms with van der Waals surface area (Å²) in [4.78, 5) is 11.4. The molecule has 1 aliphatic carbocycles. The van der Waals surface area contributed by atoms with Gasteiger partial charge in [-0.1, -0.05) is 13.3 Å². The quantitative estimate of drug-likeness (QED) is 0.658. The van der Waals surface area contributed by atoms with E-state index in [1.54, 1.807) is 0 Å². The van der Waals surface area contributed by atoms with Crippen molar-refractivity contribution in [1.82, 2.24) is 5.32 Å². The molecule has 1 aliphatic rings. The Morgan fingerprint density at radius 3 is 2.79 bits per heavy atom. The molecule has 82 valence electrons. The van der Waals surface area contributed by atoms with E-state index in [1.165, 1.54) is 12.8 Å². The molecular formula is C11H21NO2. The molecule has 2 unspecified atom stereocenters. The maximum atomic E-state index is 11.4. The molecule has 3 nitrogen and oxygen atoms in total. The highest BCUT2D eigenvalue weighted by Crippen LogP contribution is 2.24. The van der Waals surface area contributed by atoms with Crippen LogP contribution in [0.2, 0.25) is 0 Å². The number of hydrogen-bond acceptors (Lipinski definition) is 2. The van der Waals surface area contributed by atoms with E-state index in [-0.39, 0.29) is 12.5 Å². The van der Waals surface area contributed by atoms with Crippen LogP contribution in [-0.2, 0) is 4.79 Å². The highest BCUT2D eigenvalue weighted by Gasteiger charge is 2.24. The van der Waals surface area contributed by atoms with E-state index < -0.39 is 0 Å². The Hall–Kier alpha value is -0.570. The summed E-state index contributed by atoms with van der Waals surface area (Å²) in [6.07, 6.45) is 5.69. The van der Waals surface area contributed by atoms with Crippen molar-refractivity contribution in [2.24, 2.45) is 5.92 Å². The van der Waals surface area contributed by atoms with Crippen molar-refractivity contribution >= 4 is 5.91 Å². The third-order valence-electron chi connectivity index (χ3n) is 3.02. The number of carbonyl (C=O) groups excluding carboxylic acids is 1. The van der Waals surface area contributed by atoms with Gasteiger partial charge in [-0.15, -0.1) is 0 Å². The van der Waals surface area contributed by atoms with Gasteiger partial charge in [0.1, 0.15) is 0 Å². The Kier molecular flexibility index (Phi) is 4.94. The van der Waals surface area contributed by atoms with Gasteiger partial charge in [0.2, 0.25) is 5.91 Å². The number of amides is 1. The van der Waals surface area contributed by atoms with Gasteiger partial charge in [0, 0.05) is 19.1 Å². The molecule has 0 bridgehead atoms. The molecule has 1 fully saturated rings. The first-order valence-corrected chi connectivity index (χ1v) is 5.64. The second kappa shape index (κ2) is 6.02. The zero-order valence-corrected chi connectivity index (χ0v) is 8.96. The monoisotopic (exact) mass is 199 g/mol. The molecule has 0 aromatic heterocycles. The van der Waals surface area contributed by atoms with Gasteiger partial charge in [-0.2, -0.15) is 0 Å². The fourth-order valence-electron chi connectivity index (χ4n) is 2.04. The van der Waals surface area contributed by atoms with E-state index >= 15 is 0 Å². The second-order valence-corrected chi connectivity index (χ2v) is 4.26. The Morgan fingerprint density at radius 1 is 1.43 bits per heavy atom. The molecule has 0 aromatic rings. The van der Waals surface area contributed by atoms with Crippen molar-refractivity contribution < 1.29 is 9.90 Å². The summed E-state index contributed by atoms with van der Waals surface area (Å²) >= 11 is 0. The van der Waals surface area contributed by atoms with Crippen LogP contribution in [-0.4, -0.2) is 23.7 Å². The molecule has 14 heavy (non-hydrogen) atoms. The summed E-state index contributed by atoms with van der Waals surface area (Å²) in [5, 5.41) is 11.6. The number of hydrogen-bond donors (Lipinski definition) is 2. The first-order chi connectivity index (χ1) is 6.74. The second-order valence-electron chi connectivity index (χ2n) is 4.26. The molecule has 3 heteroatoms. The van der Waals surface area contributed by atoms with Crippen LogP contribution < -0.4 is 5.32 Å². The van der Waals surface area contributed by atoms with E-state index in [2.05, 4.69) is 12.2 Å². The lowest BCUT2D eigenvalue weighted by atomic mass is 10.1. The SMILES string of the molecule is CC1CCCC1NC(=O)CCCCO. The molecule has 2 atom stereocenters. The van der Waals surface area contributed by atoms with Crippen LogP contribution >= 0.6 is 0 Å². The lowest BCUT2D eigenvalue weighted by molar-refractivity contribution is -0.122. The summed E-state index contributed by atoms with van der Waals surface area (Å²) < 4.78 is 0. The fourth-order valence-corrected chi connectivity index (χ4v) is 2.04. The van der Waals surface area contributed by atoms with Gasteiger partial charge in [-0.3, -0.25) is 4.79 Å². The van der Waals surface area contributed by atoms with Crippen LogP contribution in [0, 0.1) is 5.92 Å². The highest BCUT2D eigenvalue weighted by molar-refractivity contribution is 5.76. The van der Waals surface area contributed by atoms with Gasteiger partial charge in [0.15, 0.2) is 0 Å². The smallest absolute Gasteiger partial charge is 0.220 e. The number of nitrogens with one attached hydrogen (secondary N) is 1. The maximum Gasteiger partial charge on any atom is 0.220 e. The Morgan fingerprint density at radius 2 is 2.21 bits per heavy atom. The Labute approximate surface area is 85.9 Å². The number of aliphatic hydroxyl groups excluding tert-OH is 1. The Balaban J connectivity index is 2.13. The molecule has 2 N–H and O–H groups in total. The van der Waals surface area contributed by atoms with Gasteiger partial charge < -0.3 is 10.4 Å². The predicted octanol–water partition coefficient (Wildman–Crippen LogP) is 1.45. The van der Waals surface area contributed by atoms with E-state index in [0.29, 0.717) is 18.4 Å². The summed E-state index contributed by atoms with van der Waals surface area (Å²) in [7, 11) is 0. The average Bonchev–Trinajstić information content (AvgIpc) is 2.52. The third kappa shape index (κ3) is 3.66. The molecule has 0 radical (unpaired) electrons. The predicted molar refractivity (Wildman–Crippen MR) is 55.9 cm³/mol. The van der Waals surface area contributed by atoms with E-state index in [4.69, 9.17) is 5.11 Å². The van der Waals surface area contributed by atoms with E-state index in [1.807, 2.05) is 0 Å². The minimum atomic E-state index is 0.150. The van der Waals surface area contributed by atoms with Crippen molar-refractivity contribution in [3.8, 4) is 0 Å². The summed E-state index contributed by atoms with van der Waals surface area (Å²) in [6, 6.07) is 0.400. The van der Waals surface area contributed by atoms with Gasteiger partial charge in [-0.25, -0.2) is 0 Å². The van der Waals surface area contributed by atoms with Gasteiger partial charge in [0.25, 0.3) is 0 Å². The van der Waals surface area contributed by atoms with Crippen molar-refractivity contribution in [1.29, 1.82) is 0 Å². The topological polar surface area (TPSA) is 49.3 Å². The molecule has 0 spiro atoms. The fraction of sp³-hybridized carbons (Fsp3) is 0.909. The number of rotatable bonds is 5. The molecule has 0 saturated heterocycles. The first-order valence-electron chi connectivity index (χ1n) is 5.64. The summed E-state index contributed by atoms with van der Waals surface area (Å²) in [6.45, 7) is 2.39.